The van der Waals surface area contributed by atoms with Gasteiger partial charge in [-0.1, -0.05) is 0 Å². The largest absolute Gasteiger partial charge is 0.480 e. The summed E-state index contributed by atoms with van der Waals surface area (Å²) in [7, 11) is -3.40. The van der Waals surface area contributed by atoms with Crippen LogP contribution in [0.2, 0.25) is 0 Å². The Kier molecular flexibility index (Phi) is 1.65. The summed E-state index contributed by atoms with van der Waals surface area (Å²) in [6.45, 7) is 0. The van der Waals surface area contributed by atoms with Gasteiger partial charge in [0.05, 0.1) is 11.3 Å². The van der Waals surface area contributed by atoms with E-state index < -0.39 is 26.5 Å². The SMILES string of the molecule is CS(=O)(=O)[C@H]1C[C@@]1(C#N)C(=O)O. The molecule has 1 saturated carbocycles. The number of nitriles is 1. The number of hydrogen-bond donors (Lipinski definition) is 1. The number of carboxylic acids is 1. The molecule has 12 heavy (non-hydrogen) atoms. The fraction of sp³-hybridized carbons (Fsp3) is 0.667. The highest BCUT2D eigenvalue weighted by molar-refractivity contribution is 7.91. The molecule has 0 spiro atoms. The number of carbonyl (C=O) groups is 1. The lowest BCUT2D eigenvalue weighted by Crippen LogP contribution is -2.21. The lowest BCUT2D eigenvalue weighted by Gasteiger charge is -1.98. The zero-order valence-electron chi connectivity index (χ0n) is 6.31. The second-order valence-corrected chi connectivity index (χ2v) is 5.14. The molecule has 0 aliphatic heterocycles. The molecule has 0 amide bonds. The van der Waals surface area contributed by atoms with E-state index in [2.05, 4.69) is 0 Å². The Morgan fingerprint density at radius 1 is 1.75 bits per heavy atom. The number of rotatable bonds is 2. The van der Waals surface area contributed by atoms with Crippen molar-refractivity contribution in [2.45, 2.75) is 11.7 Å². The van der Waals surface area contributed by atoms with Crippen LogP contribution < -0.4 is 0 Å². The van der Waals surface area contributed by atoms with Crippen molar-refractivity contribution < 1.29 is 18.3 Å². The van der Waals surface area contributed by atoms with Crippen molar-refractivity contribution in [3.05, 3.63) is 0 Å². The Hall–Kier alpha value is -1.09. The first-order valence-corrected chi connectivity index (χ1v) is 5.13. The van der Waals surface area contributed by atoms with E-state index in [-0.39, 0.29) is 6.42 Å². The van der Waals surface area contributed by atoms with E-state index in [9.17, 15) is 13.2 Å². The van der Waals surface area contributed by atoms with Crippen molar-refractivity contribution in [2.75, 3.05) is 6.26 Å². The molecule has 0 saturated heterocycles. The van der Waals surface area contributed by atoms with Crippen LogP contribution in [-0.4, -0.2) is 31.0 Å². The molecule has 0 aromatic heterocycles. The van der Waals surface area contributed by atoms with Crippen LogP contribution in [0, 0.1) is 16.7 Å². The van der Waals surface area contributed by atoms with Gasteiger partial charge in [-0.25, -0.2) is 8.42 Å². The first-order chi connectivity index (χ1) is 5.34. The molecule has 1 aliphatic rings. The van der Waals surface area contributed by atoms with Crippen LogP contribution >= 0.6 is 0 Å². The summed E-state index contributed by atoms with van der Waals surface area (Å²) in [5.41, 5.74) is -1.67. The van der Waals surface area contributed by atoms with E-state index in [4.69, 9.17) is 10.4 Å². The average molecular weight is 189 g/mol. The molecular formula is C6H7NO4S. The molecule has 0 aromatic carbocycles. The van der Waals surface area contributed by atoms with Crippen LogP contribution in [0.1, 0.15) is 6.42 Å². The average Bonchev–Trinajstić information content (AvgIpc) is 2.60. The molecule has 2 atom stereocenters. The summed E-state index contributed by atoms with van der Waals surface area (Å²) in [5, 5.41) is 16.0. The summed E-state index contributed by atoms with van der Waals surface area (Å²) in [6, 6.07) is 1.53. The number of carboxylic acid groups (broad SMARTS) is 1. The van der Waals surface area contributed by atoms with Crippen molar-refractivity contribution in [3.8, 4) is 6.07 Å². The van der Waals surface area contributed by atoms with Gasteiger partial charge in [-0.3, -0.25) is 4.79 Å². The molecule has 66 valence electrons. The van der Waals surface area contributed by atoms with E-state index in [0.29, 0.717) is 0 Å². The molecule has 0 radical (unpaired) electrons. The standard InChI is InChI=1S/C6H7NO4S/c1-12(10,11)4-2-6(4,3-7)5(8)9/h4H,2H2,1H3,(H,8,9)/t4-,6-/m0/s1. The summed E-state index contributed by atoms with van der Waals surface area (Å²) >= 11 is 0. The molecule has 6 heteroatoms. The van der Waals surface area contributed by atoms with Crippen LogP contribution in [0.4, 0.5) is 0 Å². The molecule has 1 N–H and O–H groups in total. The minimum absolute atomic E-state index is 0.0856. The lowest BCUT2D eigenvalue weighted by atomic mass is 10.1. The second-order valence-electron chi connectivity index (χ2n) is 2.91. The number of nitrogens with zero attached hydrogens (tertiary/aromatic N) is 1. The van der Waals surface area contributed by atoms with Crippen LogP contribution in [0.15, 0.2) is 0 Å². The molecule has 0 bridgehead atoms. The predicted octanol–water partition coefficient (Wildman–Crippen LogP) is -0.602. The Balaban J connectivity index is 2.99. The predicted molar refractivity (Wildman–Crippen MR) is 38.9 cm³/mol. The van der Waals surface area contributed by atoms with Gasteiger partial charge in [-0.2, -0.15) is 5.26 Å². The van der Waals surface area contributed by atoms with E-state index >= 15 is 0 Å². The van der Waals surface area contributed by atoms with Gasteiger partial charge in [-0.15, -0.1) is 0 Å². The molecule has 1 aliphatic carbocycles. The van der Waals surface area contributed by atoms with Gasteiger partial charge in [0.25, 0.3) is 0 Å². The van der Waals surface area contributed by atoms with Crippen molar-refractivity contribution in [3.63, 3.8) is 0 Å². The van der Waals surface area contributed by atoms with Gasteiger partial charge in [0, 0.05) is 6.26 Å². The summed E-state index contributed by atoms with van der Waals surface area (Å²) in [5.74, 6) is -1.35. The Bertz CT molecular complexity index is 365. The quantitative estimate of drug-likeness (QED) is 0.625. The monoisotopic (exact) mass is 189 g/mol. The minimum atomic E-state index is -3.40. The van der Waals surface area contributed by atoms with Crippen molar-refractivity contribution in [1.82, 2.24) is 0 Å². The molecule has 1 rings (SSSR count). The smallest absolute Gasteiger partial charge is 0.325 e. The van der Waals surface area contributed by atoms with Crippen LogP contribution in [0.3, 0.4) is 0 Å². The highest BCUT2D eigenvalue weighted by atomic mass is 32.2. The number of aliphatic carboxylic acids is 1. The number of hydrogen-bond acceptors (Lipinski definition) is 4. The molecule has 5 nitrogen and oxygen atoms in total. The summed E-state index contributed by atoms with van der Waals surface area (Å²) < 4.78 is 21.7. The molecule has 0 aromatic rings. The fourth-order valence-corrected chi connectivity index (χ4v) is 2.59. The van der Waals surface area contributed by atoms with Crippen LogP contribution in [0.25, 0.3) is 0 Å². The molecule has 1 fully saturated rings. The summed E-state index contributed by atoms with van der Waals surface area (Å²) in [4.78, 5) is 10.5. The topological polar surface area (TPSA) is 95.2 Å². The normalized spacial score (nSPS) is 33.8. The highest BCUT2D eigenvalue weighted by Crippen LogP contribution is 2.50. The third kappa shape index (κ3) is 1.06. The van der Waals surface area contributed by atoms with Gasteiger partial charge >= 0.3 is 5.97 Å². The van der Waals surface area contributed by atoms with Gasteiger partial charge in [0.15, 0.2) is 15.3 Å². The van der Waals surface area contributed by atoms with Crippen LogP contribution in [0.5, 0.6) is 0 Å². The lowest BCUT2D eigenvalue weighted by molar-refractivity contribution is -0.141. The van der Waals surface area contributed by atoms with Gasteiger partial charge < -0.3 is 5.11 Å². The molecule has 0 heterocycles. The zero-order valence-corrected chi connectivity index (χ0v) is 7.13. The Labute approximate surface area is 69.5 Å². The summed E-state index contributed by atoms with van der Waals surface area (Å²) in [6.07, 6.45) is 0.858. The first kappa shape index (κ1) is 9.00. The second kappa shape index (κ2) is 2.20. The third-order valence-corrected chi connectivity index (χ3v) is 3.60. The molecular weight excluding hydrogens is 182 g/mol. The van der Waals surface area contributed by atoms with Crippen molar-refractivity contribution in [1.29, 1.82) is 5.26 Å². The zero-order chi connectivity index (χ0) is 9.57. The minimum Gasteiger partial charge on any atom is -0.480 e. The maximum absolute atomic E-state index is 10.9. The van der Waals surface area contributed by atoms with E-state index in [1.165, 1.54) is 6.07 Å². The molecule has 0 unspecified atom stereocenters. The van der Waals surface area contributed by atoms with Gasteiger partial charge in [-0.05, 0) is 6.42 Å². The van der Waals surface area contributed by atoms with E-state index in [0.717, 1.165) is 6.26 Å². The first-order valence-electron chi connectivity index (χ1n) is 3.18. The maximum Gasteiger partial charge on any atom is 0.325 e. The Morgan fingerprint density at radius 3 is 2.33 bits per heavy atom. The van der Waals surface area contributed by atoms with Crippen LogP contribution in [-0.2, 0) is 14.6 Å². The number of sulfone groups is 1. The van der Waals surface area contributed by atoms with Gasteiger partial charge in [0.2, 0.25) is 0 Å². The third-order valence-electron chi connectivity index (χ3n) is 1.99. The fourth-order valence-electron chi connectivity index (χ4n) is 1.14. The highest BCUT2D eigenvalue weighted by Gasteiger charge is 2.66. The maximum atomic E-state index is 10.9. The van der Waals surface area contributed by atoms with Crippen molar-refractivity contribution in [2.24, 2.45) is 5.41 Å². The van der Waals surface area contributed by atoms with E-state index in [1.807, 2.05) is 0 Å². The van der Waals surface area contributed by atoms with E-state index in [1.54, 1.807) is 0 Å². The Morgan fingerprint density at radius 2 is 2.25 bits per heavy atom. The van der Waals surface area contributed by atoms with Crippen molar-refractivity contribution >= 4 is 15.8 Å². The van der Waals surface area contributed by atoms with Gasteiger partial charge in [0.1, 0.15) is 0 Å².